The maximum absolute atomic E-state index is 15.0. The third-order valence-electron chi connectivity index (χ3n) is 6.73. The van der Waals surface area contributed by atoms with E-state index in [-0.39, 0.29) is 34.0 Å². The van der Waals surface area contributed by atoms with Crippen molar-refractivity contribution in [1.82, 2.24) is 25.1 Å². The summed E-state index contributed by atoms with van der Waals surface area (Å²) < 4.78 is 53.5. The Morgan fingerprint density at radius 1 is 1.19 bits per heavy atom. The summed E-state index contributed by atoms with van der Waals surface area (Å²) in [6.45, 7) is 1.02. The number of benzene rings is 1. The highest BCUT2D eigenvalue weighted by Crippen LogP contribution is 2.48. The smallest absolute Gasteiger partial charge is 0.350 e. The molecule has 0 radical (unpaired) electrons. The Kier molecular flexibility index (Phi) is 5.58. The van der Waals surface area contributed by atoms with Gasteiger partial charge in [-0.2, -0.15) is 18.3 Å². The van der Waals surface area contributed by atoms with Gasteiger partial charge in [0.2, 0.25) is 0 Å². The van der Waals surface area contributed by atoms with Crippen LogP contribution in [0.25, 0.3) is 0 Å². The van der Waals surface area contributed by atoms with Crippen molar-refractivity contribution >= 4 is 35.1 Å². The van der Waals surface area contributed by atoms with Gasteiger partial charge in [-0.15, -0.1) is 0 Å². The summed E-state index contributed by atoms with van der Waals surface area (Å²) in [4.78, 5) is 24.9. The normalized spacial score (nSPS) is 18.7. The molecule has 1 amide bonds. The molecule has 1 saturated heterocycles. The number of amides is 1. The molecule has 2 aliphatic heterocycles. The van der Waals surface area contributed by atoms with Crippen LogP contribution in [0.5, 0.6) is 0 Å². The molecule has 2 aromatic heterocycles. The van der Waals surface area contributed by atoms with Crippen molar-refractivity contribution in [2.75, 3.05) is 29.9 Å². The standard InChI is InChI=1S/C24H23F4N7OS.2H2/c1-13-6-19(33-32-13)29-18-8-20(35-10-23(25,11-35)15-2-3-15)31-22(30-18)37-16-4-5-17-14(7-16)9-34(21(17)36)12-24(26,27)28;;/h4-8,15H,2-3,9-12H2,1H3,(H2,29,30,31,32,33);2*1H. The van der Waals surface area contributed by atoms with Crippen molar-refractivity contribution in [3.8, 4) is 0 Å². The molecule has 4 heterocycles. The first-order valence-electron chi connectivity index (χ1n) is 11.8. The van der Waals surface area contributed by atoms with Crippen LogP contribution in [-0.4, -0.2) is 62.5 Å². The van der Waals surface area contributed by atoms with Crippen LogP contribution in [0.1, 0.15) is 37.3 Å². The molecule has 0 bridgehead atoms. The minimum absolute atomic E-state index is 0. The second kappa shape index (κ2) is 8.61. The highest BCUT2D eigenvalue weighted by molar-refractivity contribution is 7.99. The van der Waals surface area contributed by atoms with Crippen LogP contribution in [-0.2, 0) is 6.54 Å². The van der Waals surface area contributed by atoms with E-state index >= 15 is 0 Å². The number of halogens is 4. The Labute approximate surface area is 216 Å². The number of carbonyl (C=O) groups excluding carboxylic acids is 1. The van der Waals surface area contributed by atoms with E-state index < -0.39 is 24.3 Å². The average molecular weight is 538 g/mol. The number of hydrogen-bond donors (Lipinski definition) is 2. The van der Waals surface area contributed by atoms with Gasteiger partial charge in [-0.1, -0.05) is 0 Å². The molecule has 3 aliphatic rings. The van der Waals surface area contributed by atoms with Crippen LogP contribution in [0, 0.1) is 12.8 Å². The molecule has 0 atom stereocenters. The number of alkyl halides is 4. The Morgan fingerprint density at radius 3 is 2.65 bits per heavy atom. The Morgan fingerprint density at radius 2 is 1.97 bits per heavy atom. The van der Waals surface area contributed by atoms with E-state index in [0.29, 0.717) is 33.1 Å². The summed E-state index contributed by atoms with van der Waals surface area (Å²) in [6.07, 6.45) is -2.63. The van der Waals surface area contributed by atoms with Crippen LogP contribution in [0.2, 0.25) is 0 Å². The zero-order chi connectivity index (χ0) is 25.9. The lowest BCUT2D eigenvalue weighted by Gasteiger charge is -2.45. The van der Waals surface area contributed by atoms with E-state index in [1.165, 1.54) is 17.8 Å². The van der Waals surface area contributed by atoms with Gasteiger partial charge in [0.1, 0.15) is 23.8 Å². The number of aromatic nitrogens is 4. The van der Waals surface area contributed by atoms with Crippen molar-refractivity contribution in [3.63, 3.8) is 0 Å². The fourth-order valence-corrected chi connectivity index (χ4v) is 5.61. The number of nitrogens with zero attached hydrogens (tertiary/aromatic N) is 5. The Balaban J connectivity index is 0.00000176. The molecule has 13 heteroatoms. The van der Waals surface area contributed by atoms with Gasteiger partial charge in [-0.3, -0.25) is 9.89 Å². The molecule has 1 aliphatic carbocycles. The molecule has 0 spiro atoms. The van der Waals surface area contributed by atoms with Gasteiger partial charge in [0, 0.05) is 37.7 Å². The van der Waals surface area contributed by atoms with Crippen molar-refractivity contribution in [1.29, 1.82) is 0 Å². The molecule has 2 N–H and O–H groups in total. The third-order valence-corrected chi connectivity index (χ3v) is 7.58. The maximum Gasteiger partial charge on any atom is 0.406 e. The highest BCUT2D eigenvalue weighted by atomic mass is 32.2. The number of aromatic amines is 1. The molecule has 198 valence electrons. The molecular weight excluding hydrogens is 510 g/mol. The van der Waals surface area contributed by atoms with E-state index in [0.717, 1.165) is 23.4 Å². The predicted octanol–water partition coefficient (Wildman–Crippen LogP) is 5.35. The second-order valence-electron chi connectivity index (χ2n) is 9.82. The van der Waals surface area contributed by atoms with E-state index in [1.807, 2.05) is 17.9 Å². The monoisotopic (exact) mass is 537 g/mol. The quantitative estimate of drug-likeness (QED) is 0.310. The van der Waals surface area contributed by atoms with Crippen LogP contribution < -0.4 is 10.2 Å². The lowest BCUT2D eigenvalue weighted by molar-refractivity contribution is -0.140. The lowest BCUT2D eigenvalue weighted by atomic mass is 9.91. The second-order valence-corrected chi connectivity index (χ2v) is 10.9. The summed E-state index contributed by atoms with van der Waals surface area (Å²) in [5.41, 5.74) is 0.475. The Hall–Kier alpha value is -3.35. The van der Waals surface area contributed by atoms with E-state index in [4.69, 9.17) is 0 Å². The Bertz CT molecular complexity index is 1380. The average Bonchev–Trinajstić information content (AvgIpc) is 3.51. The minimum atomic E-state index is -4.46. The molecule has 6 rings (SSSR count). The molecule has 3 aromatic rings. The summed E-state index contributed by atoms with van der Waals surface area (Å²) >= 11 is 1.22. The fraction of sp³-hybridized carbons (Fsp3) is 0.417. The number of anilines is 3. The molecule has 1 aromatic carbocycles. The number of H-pyrrole nitrogens is 1. The zero-order valence-corrected chi connectivity index (χ0v) is 20.6. The fourth-order valence-electron chi connectivity index (χ4n) is 4.78. The first-order valence-corrected chi connectivity index (χ1v) is 12.7. The van der Waals surface area contributed by atoms with Crippen LogP contribution in [0.15, 0.2) is 40.4 Å². The van der Waals surface area contributed by atoms with E-state index in [9.17, 15) is 22.4 Å². The number of fused-ring (bicyclic) bond motifs is 1. The van der Waals surface area contributed by atoms with Crippen LogP contribution in [0.3, 0.4) is 0 Å². The molecular formula is C24H27F4N7OS. The predicted molar refractivity (Wildman–Crippen MR) is 133 cm³/mol. The van der Waals surface area contributed by atoms with Crippen molar-refractivity contribution in [2.24, 2.45) is 5.92 Å². The van der Waals surface area contributed by atoms with Gasteiger partial charge in [-0.25, -0.2) is 14.4 Å². The largest absolute Gasteiger partial charge is 0.406 e. The SMILES string of the molecule is Cc1cc(Nc2cc(N3CC(F)(C4CC4)C3)nc(Sc3ccc4c(c3)CN(CC(F)(F)F)C4=O)n2)n[nH]1.[HH].[HH]. The van der Waals surface area contributed by atoms with Crippen molar-refractivity contribution < 1.29 is 25.2 Å². The first kappa shape index (κ1) is 24.0. The summed E-state index contributed by atoms with van der Waals surface area (Å²) in [7, 11) is 0. The number of nitrogens with one attached hydrogen (secondary N) is 2. The van der Waals surface area contributed by atoms with Gasteiger partial charge in [-0.05, 0) is 61.2 Å². The first-order chi connectivity index (χ1) is 17.5. The van der Waals surface area contributed by atoms with Gasteiger partial charge in [0.05, 0.1) is 13.1 Å². The van der Waals surface area contributed by atoms with Gasteiger partial charge < -0.3 is 15.1 Å². The summed E-state index contributed by atoms with van der Waals surface area (Å²) in [6, 6.07) is 8.47. The van der Waals surface area contributed by atoms with Gasteiger partial charge in [0.25, 0.3) is 5.91 Å². The van der Waals surface area contributed by atoms with Gasteiger partial charge in [0.15, 0.2) is 11.0 Å². The van der Waals surface area contributed by atoms with E-state index in [2.05, 4.69) is 25.5 Å². The number of hydrogen-bond acceptors (Lipinski definition) is 7. The van der Waals surface area contributed by atoms with E-state index in [1.54, 1.807) is 18.2 Å². The minimum Gasteiger partial charge on any atom is -0.350 e. The third kappa shape index (κ3) is 4.96. The molecule has 37 heavy (non-hydrogen) atoms. The summed E-state index contributed by atoms with van der Waals surface area (Å²) in [5, 5.41) is 10.5. The molecule has 1 saturated carbocycles. The number of rotatable bonds is 7. The topological polar surface area (TPSA) is 90.0 Å². The number of carbonyl (C=O) groups is 1. The lowest BCUT2D eigenvalue weighted by Crippen LogP contribution is -2.60. The van der Waals surface area contributed by atoms with Crippen LogP contribution in [0.4, 0.5) is 35.0 Å². The van der Waals surface area contributed by atoms with Crippen molar-refractivity contribution in [3.05, 3.63) is 47.2 Å². The summed E-state index contributed by atoms with van der Waals surface area (Å²) in [5.74, 6) is 1.12. The van der Waals surface area contributed by atoms with Crippen molar-refractivity contribution in [2.45, 2.75) is 48.2 Å². The zero-order valence-electron chi connectivity index (χ0n) is 19.8. The maximum atomic E-state index is 15.0. The van der Waals surface area contributed by atoms with Crippen LogP contribution >= 0.6 is 11.8 Å². The van der Waals surface area contributed by atoms with Gasteiger partial charge >= 0.3 is 6.18 Å². The molecule has 0 unspecified atom stereocenters. The molecule has 2 fully saturated rings. The number of aryl methyl sites for hydroxylation is 1. The highest BCUT2D eigenvalue weighted by Gasteiger charge is 2.54. The molecule has 8 nitrogen and oxygen atoms in total.